The molecule has 0 saturated heterocycles. The molecule has 0 atom stereocenters. The lowest BCUT2D eigenvalue weighted by atomic mass is 10.1. The Morgan fingerprint density at radius 2 is 1.91 bits per heavy atom. The summed E-state index contributed by atoms with van der Waals surface area (Å²) in [7, 11) is 0. The van der Waals surface area contributed by atoms with Crippen LogP contribution in [0.3, 0.4) is 0 Å². The Hall–Kier alpha value is -2.60. The minimum absolute atomic E-state index is 0.0246. The van der Waals surface area contributed by atoms with Crippen molar-refractivity contribution in [3.05, 3.63) is 63.2 Å². The minimum atomic E-state index is -0.475. The van der Waals surface area contributed by atoms with Crippen molar-refractivity contribution < 1.29 is 9.72 Å². The number of benzene rings is 2. The highest BCUT2D eigenvalue weighted by Crippen LogP contribution is 2.24. The number of hydrogen-bond acceptors (Lipinski definition) is 4. The monoisotopic (exact) mass is 319 g/mol. The zero-order valence-corrected chi connectivity index (χ0v) is 12.6. The van der Waals surface area contributed by atoms with Crippen LogP contribution < -0.4 is 10.6 Å². The Kier molecular flexibility index (Phi) is 4.95. The molecule has 0 aliphatic heterocycles. The molecule has 0 unspecified atom stereocenters. The zero-order chi connectivity index (χ0) is 16.1. The number of nitrogens with zero attached hydrogens (tertiary/aromatic N) is 1. The van der Waals surface area contributed by atoms with E-state index in [4.69, 9.17) is 11.6 Å². The van der Waals surface area contributed by atoms with Crippen LogP contribution in [0.25, 0.3) is 0 Å². The van der Waals surface area contributed by atoms with Crippen molar-refractivity contribution in [1.29, 1.82) is 0 Å². The van der Waals surface area contributed by atoms with E-state index in [1.807, 2.05) is 0 Å². The Balaban J connectivity index is 1.99. The zero-order valence-electron chi connectivity index (χ0n) is 11.8. The van der Waals surface area contributed by atoms with E-state index in [-0.39, 0.29) is 18.1 Å². The Bertz CT molecular complexity index is 702. The molecule has 0 radical (unpaired) electrons. The highest BCUT2D eigenvalue weighted by Gasteiger charge is 2.14. The number of carbonyl (C=O) groups is 1. The second-order valence-electron chi connectivity index (χ2n) is 4.62. The fourth-order valence-corrected chi connectivity index (χ4v) is 2.03. The first-order valence-electron chi connectivity index (χ1n) is 6.50. The average molecular weight is 320 g/mol. The highest BCUT2D eigenvalue weighted by atomic mass is 35.5. The molecule has 0 aromatic heterocycles. The fourth-order valence-electron chi connectivity index (χ4n) is 1.90. The van der Waals surface area contributed by atoms with Gasteiger partial charge in [0.1, 0.15) is 0 Å². The summed E-state index contributed by atoms with van der Waals surface area (Å²) in [5, 5.41) is 17.1. The maximum Gasteiger partial charge on any atom is 0.274 e. The van der Waals surface area contributed by atoms with Crippen LogP contribution in [0.2, 0.25) is 5.02 Å². The molecule has 114 valence electrons. The van der Waals surface area contributed by atoms with E-state index in [1.165, 1.54) is 12.1 Å². The third kappa shape index (κ3) is 3.95. The van der Waals surface area contributed by atoms with Gasteiger partial charge in [0.15, 0.2) is 0 Å². The Morgan fingerprint density at radius 1 is 1.23 bits per heavy atom. The third-order valence-electron chi connectivity index (χ3n) is 3.07. The molecule has 2 aromatic rings. The van der Waals surface area contributed by atoms with Crippen molar-refractivity contribution in [2.75, 3.05) is 17.2 Å². The van der Waals surface area contributed by atoms with Crippen LogP contribution in [-0.4, -0.2) is 17.4 Å². The molecule has 2 rings (SSSR count). The van der Waals surface area contributed by atoms with E-state index in [2.05, 4.69) is 10.6 Å². The molecule has 0 heterocycles. The maximum atomic E-state index is 11.9. The van der Waals surface area contributed by atoms with Gasteiger partial charge in [0.05, 0.1) is 22.7 Å². The van der Waals surface area contributed by atoms with Gasteiger partial charge in [-0.25, -0.2) is 0 Å². The summed E-state index contributed by atoms with van der Waals surface area (Å²) in [6.45, 7) is 1.64. The second-order valence-corrected chi connectivity index (χ2v) is 5.05. The van der Waals surface area contributed by atoms with E-state index < -0.39 is 4.92 Å². The Morgan fingerprint density at radius 3 is 2.55 bits per heavy atom. The smallest absolute Gasteiger partial charge is 0.274 e. The standard InChI is InChI=1S/C15H14ClN3O3/c1-10-13(3-2-4-14(10)19(21)22)18-15(20)9-17-12-7-5-11(16)6-8-12/h2-8,17H,9H2,1H3,(H,18,20). The number of nitro benzene ring substituents is 1. The predicted molar refractivity (Wildman–Crippen MR) is 86.4 cm³/mol. The first kappa shape index (κ1) is 15.8. The fraction of sp³-hybridized carbons (Fsp3) is 0.133. The van der Waals surface area contributed by atoms with Gasteiger partial charge in [0.25, 0.3) is 5.69 Å². The quantitative estimate of drug-likeness (QED) is 0.651. The molecule has 2 N–H and O–H groups in total. The largest absolute Gasteiger partial charge is 0.376 e. The number of halogens is 1. The number of carbonyl (C=O) groups excluding carboxylic acids is 1. The van der Waals surface area contributed by atoms with Crippen molar-refractivity contribution in [2.24, 2.45) is 0 Å². The van der Waals surface area contributed by atoms with Gasteiger partial charge in [0.2, 0.25) is 5.91 Å². The number of amides is 1. The SMILES string of the molecule is Cc1c(NC(=O)CNc2ccc(Cl)cc2)cccc1[N+](=O)[O-]. The Labute approximate surface area is 132 Å². The molecule has 2 aromatic carbocycles. The summed E-state index contributed by atoms with van der Waals surface area (Å²) in [5.41, 5.74) is 1.59. The van der Waals surface area contributed by atoms with Crippen LogP contribution in [-0.2, 0) is 4.79 Å². The second kappa shape index (κ2) is 6.91. The van der Waals surface area contributed by atoms with E-state index in [0.717, 1.165) is 5.69 Å². The van der Waals surface area contributed by atoms with Gasteiger partial charge in [0, 0.05) is 16.8 Å². The summed E-state index contributed by atoms with van der Waals surface area (Å²) < 4.78 is 0. The topological polar surface area (TPSA) is 84.3 Å². The minimum Gasteiger partial charge on any atom is -0.376 e. The third-order valence-corrected chi connectivity index (χ3v) is 3.33. The molecule has 0 fully saturated rings. The summed E-state index contributed by atoms with van der Waals surface area (Å²) in [5.74, 6) is -0.293. The van der Waals surface area contributed by atoms with Crippen molar-refractivity contribution in [3.8, 4) is 0 Å². The molecule has 0 saturated carbocycles. The summed E-state index contributed by atoms with van der Waals surface area (Å²) in [6, 6.07) is 11.5. The van der Waals surface area contributed by atoms with Crippen molar-refractivity contribution in [1.82, 2.24) is 0 Å². The van der Waals surface area contributed by atoms with Gasteiger partial charge in [-0.3, -0.25) is 14.9 Å². The van der Waals surface area contributed by atoms with Gasteiger partial charge >= 0.3 is 0 Å². The molecular weight excluding hydrogens is 306 g/mol. The van der Waals surface area contributed by atoms with Gasteiger partial charge < -0.3 is 10.6 Å². The lowest BCUT2D eigenvalue weighted by Crippen LogP contribution is -2.22. The molecule has 0 spiro atoms. The molecular formula is C15H14ClN3O3. The van der Waals surface area contributed by atoms with Crippen molar-refractivity contribution in [2.45, 2.75) is 6.92 Å². The van der Waals surface area contributed by atoms with Gasteiger partial charge in [-0.2, -0.15) is 0 Å². The number of nitrogens with one attached hydrogen (secondary N) is 2. The van der Waals surface area contributed by atoms with Crippen LogP contribution in [0.15, 0.2) is 42.5 Å². The van der Waals surface area contributed by atoms with E-state index in [1.54, 1.807) is 37.3 Å². The lowest BCUT2D eigenvalue weighted by molar-refractivity contribution is -0.385. The van der Waals surface area contributed by atoms with E-state index in [0.29, 0.717) is 16.3 Å². The van der Waals surface area contributed by atoms with Crippen molar-refractivity contribution in [3.63, 3.8) is 0 Å². The number of anilines is 2. The molecule has 6 nitrogen and oxygen atoms in total. The molecule has 1 amide bonds. The van der Waals surface area contributed by atoms with E-state index in [9.17, 15) is 14.9 Å². The molecule has 7 heteroatoms. The van der Waals surface area contributed by atoms with Crippen molar-refractivity contribution >= 4 is 34.6 Å². The number of nitro groups is 1. The first-order valence-corrected chi connectivity index (χ1v) is 6.88. The van der Waals surface area contributed by atoms with Gasteiger partial charge in [-0.1, -0.05) is 17.7 Å². The van der Waals surface area contributed by atoms with Crippen LogP contribution in [0.4, 0.5) is 17.1 Å². The molecule has 0 aliphatic carbocycles. The van der Waals surface area contributed by atoms with Crippen LogP contribution in [0.1, 0.15) is 5.56 Å². The van der Waals surface area contributed by atoms with Gasteiger partial charge in [-0.15, -0.1) is 0 Å². The van der Waals surface area contributed by atoms with Crippen LogP contribution in [0, 0.1) is 17.0 Å². The lowest BCUT2D eigenvalue weighted by Gasteiger charge is -2.10. The van der Waals surface area contributed by atoms with Crippen LogP contribution in [0.5, 0.6) is 0 Å². The van der Waals surface area contributed by atoms with Gasteiger partial charge in [-0.05, 0) is 37.3 Å². The predicted octanol–water partition coefficient (Wildman–Crippen LogP) is 3.61. The molecule has 0 aliphatic rings. The average Bonchev–Trinajstić information content (AvgIpc) is 2.48. The molecule has 22 heavy (non-hydrogen) atoms. The summed E-state index contributed by atoms with van der Waals surface area (Å²) >= 11 is 5.78. The summed E-state index contributed by atoms with van der Waals surface area (Å²) in [6.07, 6.45) is 0. The number of hydrogen-bond donors (Lipinski definition) is 2. The highest BCUT2D eigenvalue weighted by molar-refractivity contribution is 6.30. The van der Waals surface area contributed by atoms with E-state index >= 15 is 0 Å². The molecule has 0 bridgehead atoms. The normalized spacial score (nSPS) is 10.1. The number of rotatable bonds is 5. The van der Waals surface area contributed by atoms with Crippen LogP contribution >= 0.6 is 11.6 Å². The summed E-state index contributed by atoms with van der Waals surface area (Å²) in [4.78, 5) is 22.3. The maximum absolute atomic E-state index is 11.9. The first-order chi connectivity index (χ1) is 10.5.